The predicted octanol–water partition coefficient (Wildman–Crippen LogP) is 1.11. The summed E-state index contributed by atoms with van der Waals surface area (Å²) in [6.07, 6.45) is 2.11. The van der Waals surface area contributed by atoms with Crippen molar-refractivity contribution in [2.75, 3.05) is 33.9 Å². The number of benzene rings is 1. The largest absolute Gasteiger partial charge is 0.497 e. The number of rotatable bonds is 4. The molecule has 0 radical (unpaired) electrons. The van der Waals surface area contributed by atoms with E-state index in [0.29, 0.717) is 12.6 Å². The Morgan fingerprint density at radius 3 is 3.00 bits per heavy atom. The lowest BCUT2D eigenvalue weighted by Crippen LogP contribution is -2.49. The fraction of sp³-hybridized carbons (Fsp3) is 0.533. The van der Waals surface area contributed by atoms with E-state index in [1.165, 1.54) is 11.1 Å². The summed E-state index contributed by atoms with van der Waals surface area (Å²) in [5.41, 5.74) is 8.66. The van der Waals surface area contributed by atoms with Crippen LogP contribution in [0.1, 0.15) is 17.5 Å². The fourth-order valence-corrected chi connectivity index (χ4v) is 3.37. The lowest BCUT2D eigenvalue weighted by Gasteiger charge is -2.37. The van der Waals surface area contributed by atoms with Crippen molar-refractivity contribution in [3.8, 4) is 5.75 Å². The van der Waals surface area contributed by atoms with Gasteiger partial charge in [0, 0.05) is 13.7 Å². The lowest BCUT2D eigenvalue weighted by molar-refractivity contribution is 0.128. The summed E-state index contributed by atoms with van der Waals surface area (Å²) < 4.78 is 10.6. The Morgan fingerprint density at radius 1 is 1.40 bits per heavy atom. The average Bonchev–Trinajstić information content (AvgIpc) is 3.00. The van der Waals surface area contributed by atoms with Crippen LogP contribution in [0.5, 0.6) is 5.75 Å². The van der Waals surface area contributed by atoms with Gasteiger partial charge >= 0.3 is 0 Å². The van der Waals surface area contributed by atoms with Crippen LogP contribution in [0.3, 0.4) is 0 Å². The third-order valence-corrected chi connectivity index (χ3v) is 4.44. The highest BCUT2D eigenvalue weighted by molar-refractivity contribution is 5.81. The topological polar surface area (TPSA) is 60.1 Å². The number of ether oxygens (including phenoxy) is 2. The smallest absolute Gasteiger partial charge is 0.192 e. The molecular formula is C15H21N3O2. The van der Waals surface area contributed by atoms with Crippen LogP contribution in [0.4, 0.5) is 0 Å². The van der Waals surface area contributed by atoms with E-state index in [2.05, 4.69) is 22.0 Å². The van der Waals surface area contributed by atoms with Gasteiger partial charge in [0.2, 0.25) is 0 Å². The summed E-state index contributed by atoms with van der Waals surface area (Å²) in [5.74, 6) is 1.51. The van der Waals surface area contributed by atoms with E-state index in [-0.39, 0.29) is 5.54 Å². The van der Waals surface area contributed by atoms with E-state index in [1.807, 2.05) is 6.07 Å². The molecule has 5 nitrogen and oxygen atoms in total. The van der Waals surface area contributed by atoms with Crippen molar-refractivity contribution >= 4 is 5.96 Å². The first kappa shape index (κ1) is 13.2. The molecule has 0 fully saturated rings. The Morgan fingerprint density at radius 2 is 2.25 bits per heavy atom. The summed E-state index contributed by atoms with van der Waals surface area (Å²) in [7, 11) is 3.41. The molecule has 5 heteroatoms. The molecule has 2 N–H and O–H groups in total. The molecule has 3 rings (SSSR count). The molecule has 1 aromatic carbocycles. The van der Waals surface area contributed by atoms with Crippen molar-refractivity contribution < 1.29 is 9.47 Å². The maximum atomic E-state index is 6.09. The molecule has 0 amide bonds. The Balaban J connectivity index is 1.98. The number of guanidine groups is 1. The molecule has 2 aliphatic rings. The molecule has 0 saturated heterocycles. The highest BCUT2D eigenvalue weighted by atomic mass is 16.5. The summed E-state index contributed by atoms with van der Waals surface area (Å²) >= 11 is 0. The van der Waals surface area contributed by atoms with Crippen molar-refractivity contribution in [1.82, 2.24) is 4.90 Å². The summed E-state index contributed by atoms with van der Waals surface area (Å²) in [5, 5.41) is 0. The minimum Gasteiger partial charge on any atom is -0.497 e. The van der Waals surface area contributed by atoms with Crippen molar-refractivity contribution in [1.29, 1.82) is 0 Å². The minimum atomic E-state index is -0.105. The molecule has 1 aliphatic carbocycles. The van der Waals surface area contributed by atoms with E-state index in [9.17, 15) is 0 Å². The van der Waals surface area contributed by atoms with Gasteiger partial charge in [-0.25, -0.2) is 0 Å². The second-order valence-electron chi connectivity index (χ2n) is 5.37. The molecule has 1 unspecified atom stereocenters. The Labute approximate surface area is 119 Å². The predicted molar refractivity (Wildman–Crippen MR) is 78.1 cm³/mol. The molecule has 1 aromatic rings. The van der Waals surface area contributed by atoms with Gasteiger partial charge in [-0.1, -0.05) is 6.07 Å². The van der Waals surface area contributed by atoms with Crippen molar-refractivity contribution in [3.63, 3.8) is 0 Å². The normalized spacial score (nSPS) is 24.1. The van der Waals surface area contributed by atoms with Gasteiger partial charge in [-0.2, -0.15) is 0 Å². The van der Waals surface area contributed by atoms with Gasteiger partial charge in [0.15, 0.2) is 5.96 Å². The van der Waals surface area contributed by atoms with Crippen LogP contribution in [0.15, 0.2) is 23.2 Å². The van der Waals surface area contributed by atoms with Crippen molar-refractivity contribution in [2.24, 2.45) is 10.7 Å². The molecule has 1 aliphatic heterocycles. The Kier molecular flexibility index (Phi) is 3.30. The third kappa shape index (κ3) is 1.85. The molecule has 20 heavy (non-hydrogen) atoms. The van der Waals surface area contributed by atoms with Gasteiger partial charge < -0.3 is 20.1 Å². The highest BCUT2D eigenvalue weighted by Crippen LogP contribution is 2.45. The zero-order valence-electron chi connectivity index (χ0n) is 12.1. The third-order valence-electron chi connectivity index (χ3n) is 4.44. The van der Waals surface area contributed by atoms with Gasteiger partial charge in [-0.15, -0.1) is 0 Å². The quantitative estimate of drug-likeness (QED) is 0.894. The Hall–Kier alpha value is -1.75. The lowest BCUT2D eigenvalue weighted by atomic mass is 9.90. The van der Waals surface area contributed by atoms with Crippen LogP contribution in [0.25, 0.3) is 0 Å². The van der Waals surface area contributed by atoms with Crippen molar-refractivity contribution in [3.05, 3.63) is 29.3 Å². The van der Waals surface area contributed by atoms with E-state index < -0.39 is 0 Å². The number of nitrogens with two attached hydrogens (primary N) is 1. The number of methoxy groups -OCH3 is 2. The van der Waals surface area contributed by atoms with Crippen LogP contribution in [0, 0.1) is 0 Å². The second kappa shape index (κ2) is 4.98. The van der Waals surface area contributed by atoms with Gasteiger partial charge in [-0.05, 0) is 36.1 Å². The summed E-state index contributed by atoms with van der Waals surface area (Å²) in [6.45, 7) is 2.14. The van der Waals surface area contributed by atoms with Crippen LogP contribution in [0.2, 0.25) is 0 Å². The van der Waals surface area contributed by atoms with Gasteiger partial charge in [-0.3, -0.25) is 4.99 Å². The molecule has 0 bridgehead atoms. The molecule has 1 atom stereocenters. The zero-order chi connectivity index (χ0) is 14.2. The first-order valence-electron chi connectivity index (χ1n) is 6.95. The average molecular weight is 275 g/mol. The van der Waals surface area contributed by atoms with Crippen molar-refractivity contribution in [2.45, 2.75) is 18.4 Å². The van der Waals surface area contributed by atoms with Crippen LogP contribution < -0.4 is 10.5 Å². The zero-order valence-corrected chi connectivity index (χ0v) is 12.1. The Bertz CT molecular complexity index is 544. The monoisotopic (exact) mass is 275 g/mol. The molecule has 108 valence electrons. The summed E-state index contributed by atoms with van der Waals surface area (Å²) in [6, 6.07) is 6.32. The van der Waals surface area contributed by atoms with Crippen LogP contribution in [-0.2, 0) is 16.7 Å². The van der Waals surface area contributed by atoms with Gasteiger partial charge in [0.1, 0.15) is 5.75 Å². The molecular weight excluding hydrogens is 254 g/mol. The summed E-state index contributed by atoms with van der Waals surface area (Å²) in [4.78, 5) is 6.68. The second-order valence-corrected chi connectivity index (χ2v) is 5.37. The standard InChI is InChI=1S/C15H21N3O2/c1-19-8-7-18-14(16)17-10-15(18)6-5-11-3-4-12(20-2)9-13(11)15/h3-4,9H,5-8,10H2,1-2H3,(H2,16,17). The molecule has 1 spiro atoms. The first-order valence-corrected chi connectivity index (χ1v) is 6.95. The first-order chi connectivity index (χ1) is 9.71. The maximum absolute atomic E-state index is 6.09. The number of hydrogen-bond donors (Lipinski definition) is 1. The van der Waals surface area contributed by atoms with Crippen LogP contribution >= 0.6 is 0 Å². The number of hydrogen-bond acceptors (Lipinski definition) is 5. The van der Waals surface area contributed by atoms with Gasteiger partial charge in [0.05, 0.1) is 25.8 Å². The number of aryl methyl sites for hydroxylation is 1. The fourth-order valence-electron chi connectivity index (χ4n) is 3.37. The van der Waals surface area contributed by atoms with Gasteiger partial charge in [0.25, 0.3) is 0 Å². The van der Waals surface area contributed by atoms with E-state index >= 15 is 0 Å². The van der Waals surface area contributed by atoms with E-state index in [0.717, 1.165) is 31.7 Å². The molecule has 0 aromatic heterocycles. The number of fused-ring (bicyclic) bond motifs is 2. The highest BCUT2D eigenvalue weighted by Gasteiger charge is 2.47. The minimum absolute atomic E-state index is 0.105. The number of aliphatic imine (C=N–C) groups is 1. The molecule has 0 saturated carbocycles. The number of nitrogens with zero attached hydrogens (tertiary/aromatic N) is 2. The molecule has 1 heterocycles. The maximum Gasteiger partial charge on any atom is 0.192 e. The van der Waals surface area contributed by atoms with E-state index in [1.54, 1.807) is 14.2 Å². The van der Waals surface area contributed by atoms with Crippen LogP contribution in [-0.4, -0.2) is 44.8 Å². The SMILES string of the molecule is COCCN1C(N)=NCC12CCc1ccc(OC)cc12. The van der Waals surface area contributed by atoms with E-state index in [4.69, 9.17) is 15.2 Å².